The minimum atomic E-state index is -1.23. The van der Waals surface area contributed by atoms with Gasteiger partial charge in [-0.3, -0.25) is 24.5 Å². The molecule has 22 heavy (non-hydrogen) atoms. The molecule has 0 unspecified atom stereocenters. The van der Waals surface area contributed by atoms with Gasteiger partial charge in [-0.15, -0.1) is 0 Å². The van der Waals surface area contributed by atoms with Crippen LogP contribution in [-0.4, -0.2) is 29.7 Å². The molecule has 1 aromatic carbocycles. The van der Waals surface area contributed by atoms with Gasteiger partial charge in [0.05, 0.1) is 18.1 Å². The number of benzene rings is 1. The molecule has 8 heteroatoms. The number of rotatable bonds is 6. The summed E-state index contributed by atoms with van der Waals surface area (Å²) in [5, 5.41) is 13.2. The van der Waals surface area contributed by atoms with Crippen LogP contribution in [-0.2, 0) is 19.1 Å². The van der Waals surface area contributed by atoms with Gasteiger partial charge in [0.15, 0.2) is 0 Å². The normalized spacial score (nSPS) is 12.9. The molecule has 0 heterocycles. The van der Waals surface area contributed by atoms with Crippen molar-refractivity contribution in [3.8, 4) is 0 Å². The van der Waals surface area contributed by atoms with Crippen molar-refractivity contribution >= 4 is 23.3 Å². The summed E-state index contributed by atoms with van der Waals surface area (Å²) in [5.41, 5.74) is 0.258. The third kappa shape index (κ3) is 4.11. The number of nitro benzene ring substituents is 1. The van der Waals surface area contributed by atoms with Gasteiger partial charge in [-0.05, 0) is 12.5 Å². The maximum absolute atomic E-state index is 11.8. The lowest BCUT2D eigenvalue weighted by molar-refractivity contribution is -0.384. The van der Waals surface area contributed by atoms with E-state index in [1.165, 1.54) is 38.1 Å². The van der Waals surface area contributed by atoms with Crippen LogP contribution in [0.1, 0.15) is 25.5 Å². The van der Waals surface area contributed by atoms with E-state index in [1.807, 2.05) is 0 Å². The third-order valence-corrected chi connectivity index (χ3v) is 3.05. The Morgan fingerprint density at radius 3 is 2.09 bits per heavy atom. The predicted octanol–water partition coefficient (Wildman–Crippen LogP) is 1.15. The average molecular weight is 308 g/mol. The molecule has 118 valence electrons. The second-order valence-corrected chi connectivity index (χ2v) is 4.64. The third-order valence-electron chi connectivity index (χ3n) is 3.05. The van der Waals surface area contributed by atoms with E-state index in [0.29, 0.717) is 5.56 Å². The second kappa shape index (κ2) is 7.30. The van der Waals surface area contributed by atoms with Gasteiger partial charge in [-0.2, -0.15) is 0 Å². The van der Waals surface area contributed by atoms with Crippen molar-refractivity contribution < 1.29 is 24.0 Å². The molecule has 0 fully saturated rings. The molecule has 0 aromatic heterocycles. The van der Waals surface area contributed by atoms with Gasteiger partial charge >= 0.3 is 5.97 Å². The number of non-ortho nitro benzene ring substituents is 1. The molecule has 0 aliphatic rings. The van der Waals surface area contributed by atoms with Crippen LogP contribution in [0.25, 0.3) is 0 Å². The molecule has 1 aromatic rings. The molecule has 0 aliphatic heterocycles. The fourth-order valence-electron chi connectivity index (χ4n) is 2.05. The van der Waals surface area contributed by atoms with Crippen LogP contribution in [0.4, 0.5) is 5.69 Å². The minimum absolute atomic E-state index is 0.136. The van der Waals surface area contributed by atoms with Crippen molar-refractivity contribution in [2.24, 2.45) is 5.92 Å². The Hall–Kier alpha value is -2.77. The van der Waals surface area contributed by atoms with Crippen LogP contribution in [0, 0.1) is 16.0 Å². The number of nitro groups is 1. The first-order valence-corrected chi connectivity index (χ1v) is 6.37. The van der Waals surface area contributed by atoms with Crippen LogP contribution in [0.2, 0.25) is 0 Å². The van der Waals surface area contributed by atoms with Crippen molar-refractivity contribution in [3.05, 3.63) is 39.9 Å². The number of hydrogen-bond donors (Lipinski definition) is 1. The average Bonchev–Trinajstić information content (AvgIpc) is 2.45. The largest absolute Gasteiger partial charge is 0.468 e. The van der Waals surface area contributed by atoms with Crippen LogP contribution in [0.3, 0.4) is 0 Å². The maximum Gasteiger partial charge on any atom is 0.318 e. The van der Waals surface area contributed by atoms with E-state index in [4.69, 9.17) is 0 Å². The molecular weight excluding hydrogens is 292 g/mol. The van der Waals surface area contributed by atoms with E-state index < -0.39 is 34.5 Å². The van der Waals surface area contributed by atoms with E-state index in [2.05, 4.69) is 10.1 Å². The highest BCUT2D eigenvalue weighted by Gasteiger charge is 2.35. The zero-order valence-electron chi connectivity index (χ0n) is 12.4. The summed E-state index contributed by atoms with van der Waals surface area (Å²) in [6.07, 6.45) is 0. The van der Waals surface area contributed by atoms with Crippen LogP contribution in [0.15, 0.2) is 24.3 Å². The predicted molar refractivity (Wildman–Crippen MR) is 75.8 cm³/mol. The zero-order valence-corrected chi connectivity index (χ0v) is 12.4. The van der Waals surface area contributed by atoms with Crippen LogP contribution < -0.4 is 5.32 Å². The van der Waals surface area contributed by atoms with Crippen molar-refractivity contribution in [1.82, 2.24) is 5.32 Å². The molecule has 1 amide bonds. The summed E-state index contributed by atoms with van der Waals surface area (Å²) in [6.45, 7) is 2.45. The highest BCUT2D eigenvalue weighted by molar-refractivity contribution is 5.99. The fourth-order valence-corrected chi connectivity index (χ4v) is 2.05. The number of methoxy groups -OCH3 is 1. The molecule has 0 saturated heterocycles. The summed E-state index contributed by atoms with van der Waals surface area (Å²) < 4.78 is 4.60. The molecule has 2 atom stereocenters. The summed E-state index contributed by atoms with van der Waals surface area (Å²) in [4.78, 5) is 45.0. The number of carbonyl (C=O) groups excluding carboxylic acids is 3. The Morgan fingerprint density at radius 2 is 1.73 bits per heavy atom. The Kier molecular flexibility index (Phi) is 5.73. The van der Waals surface area contributed by atoms with E-state index in [-0.39, 0.29) is 5.69 Å². The van der Waals surface area contributed by atoms with E-state index >= 15 is 0 Å². The Balaban J connectivity index is 3.26. The summed E-state index contributed by atoms with van der Waals surface area (Å²) in [6, 6.07) is 4.29. The molecule has 0 bridgehead atoms. The fraction of sp³-hybridized carbons (Fsp3) is 0.357. The number of ether oxygens (including phenoxy) is 1. The first kappa shape index (κ1) is 17.3. The number of nitrogens with zero attached hydrogens (tertiary/aromatic N) is 1. The molecule has 1 N–H and O–H groups in total. The van der Waals surface area contributed by atoms with Crippen LogP contribution >= 0.6 is 0 Å². The Bertz CT molecular complexity index is 596. The van der Waals surface area contributed by atoms with Crippen LogP contribution in [0.5, 0.6) is 0 Å². The van der Waals surface area contributed by atoms with Crippen molar-refractivity contribution in [2.45, 2.75) is 19.9 Å². The lowest BCUT2D eigenvalue weighted by Gasteiger charge is -2.24. The van der Waals surface area contributed by atoms with Gasteiger partial charge in [0.2, 0.25) is 5.91 Å². The standard InChI is InChI=1S/C14H16N2O6/c1-8(17)12(14(19)22-3)13(15-9(2)18)10-4-6-11(7-5-10)16(20)21/h4-7,12-13H,1-3H3,(H,15,18)/t12-,13-/m1/s1. The Labute approximate surface area is 126 Å². The van der Waals surface area contributed by atoms with E-state index in [9.17, 15) is 24.5 Å². The van der Waals surface area contributed by atoms with E-state index in [1.54, 1.807) is 0 Å². The zero-order chi connectivity index (χ0) is 16.9. The minimum Gasteiger partial charge on any atom is -0.468 e. The van der Waals surface area contributed by atoms with E-state index in [0.717, 1.165) is 7.11 Å². The summed E-state index contributed by atoms with van der Waals surface area (Å²) >= 11 is 0. The van der Waals surface area contributed by atoms with Gasteiger partial charge < -0.3 is 10.1 Å². The number of Topliss-reactive ketones (excluding diaryl/α,β-unsaturated/α-hetero) is 1. The van der Waals surface area contributed by atoms with Crippen molar-refractivity contribution in [3.63, 3.8) is 0 Å². The molecule has 1 rings (SSSR count). The number of ketones is 1. The molecule has 0 radical (unpaired) electrons. The number of carbonyl (C=O) groups is 3. The van der Waals surface area contributed by atoms with Gasteiger partial charge in [0.25, 0.3) is 5.69 Å². The summed E-state index contributed by atoms with van der Waals surface area (Å²) in [7, 11) is 1.14. The maximum atomic E-state index is 11.8. The number of amides is 1. The lowest BCUT2D eigenvalue weighted by atomic mass is 9.89. The molecule has 0 spiro atoms. The smallest absolute Gasteiger partial charge is 0.318 e. The first-order valence-electron chi connectivity index (χ1n) is 6.37. The number of esters is 1. The number of nitrogens with one attached hydrogen (secondary N) is 1. The SMILES string of the molecule is COC(=O)[C@H](C(C)=O)[C@H](NC(C)=O)c1ccc([N+](=O)[O-])cc1. The molecule has 8 nitrogen and oxygen atoms in total. The lowest BCUT2D eigenvalue weighted by Crippen LogP contribution is -2.39. The number of hydrogen-bond acceptors (Lipinski definition) is 6. The monoisotopic (exact) mass is 308 g/mol. The Morgan fingerprint density at radius 1 is 1.18 bits per heavy atom. The van der Waals surface area contributed by atoms with Gasteiger partial charge in [0.1, 0.15) is 11.7 Å². The topological polar surface area (TPSA) is 116 Å². The quantitative estimate of drug-likeness (QED) is 0.365. The highest BCUT2D eigenvalue weighted by Crippen LogP contribution is 2.26. The molecule has 0 aliphatic carbocycles. The van der Waals surface area contributed by atoms with Crippen molar-refractivity contribution in [2.75, 3.05) is 7.11 Å². The van der Waals surface area contributed by atoms with Gasteiger partial charge in [-0.1, -0.05) is 12.1 Å². The van der Waals surface area contributed by atoms with Crippen molar-refractivity contribution in [1.29, 1.82) is 0 Å². The first-order chi connectivity index (χ1) is 10.3. The van der Waals surface area contributed by atoms with Gasteiger partial charge in [-0.25, -0.2) is 0 Å². The summed E-state index contributed by atoms with van der Waals surface area (Å²) in [5.74, 6) is -2.94. The molecule has 0 saturated carbocycles. The van der Waals surface area contributed by atoms with Gasteiger partial charge in [0, 0.05) is 19.1 Å². The second-order valence-electron chi connectivity index (χ2n) is 4.64. The highest BCUT2D eigenvalue weighted by atomic mass is 16.6. The molecular formula is C14H16N2O6.